The molecular formula is C21H21FN4O3S. The van der Waals surface area contributed by atoms with E-state index in [0.717, 1.165) is 17.4 Å². The number of nitrogens with zero attached hydrogens (tertiary/aromatic N) is 4. The zero-order valence-corrected chi connectivity index (χ0v) is 17.2. The number of amides is 1. The van der Waals surface area contributed by atoms with E-state index < -0.39 is 15.8 Å². The molecule has 0 aliphatic carbocycles. The third-order valence-corrected chi connectivity index (χ3v) is 7.10. The Hall–Kier alpha value is -3.04. The molecular weight excluding hydrogens is 407 g/mol. The van der Waals surface area contributed by atoms with Crippen molar-refractivity contribution >= 4 is 15.9 Å². The second-order valence-corrected chi connectivity index (χ2v) is 8.98. The maximum absolute atomic E-state index is 13.4. The van der Waals surface area contributed by atoms with Crippen molar-refractivity contribution in [2.75, 3.05) is 26.2 Å². The molecule has 1 saturated heterocycles. The number of halogens is 1. The van der Waals surface area contributed by atoms with Crippen LogP contribution in [-0.2, 0) is 10.0 Å². The van der Waals surface area contributed by atoms with Crippen LogP contribution in [0, 0.1) is 12.7 Å². The van der Waals surface area contributed by atoms with E-state index in [0.29, 0.717) is 5.56 Å². The van der Waals surface area contributed by atoms with E-state index >= 15 is 0 Å². The summed E-state index contributed by atoms with van der Waals surface area (Å²) in [6.07, 6.45) is 1.54. The highest BCUT2D eigenvalue weighted by molar-refractivity contribution is 7.89. The van der Waals surface area contributed by atoms with Gasteiger partial charge in [0.05, 0.1) is 28.0 Å². The highest BCUT2D eigenvalue weighted by Crippen LogP contribution is 2.21. The molecule has 30 heavy (non-hydrogen) atoms. The summed E-state index contributed by atoms with van der Waals surface area (Å²) in [4.78, 5) is 14.5. The van der Waals surface area contributed by atoms with Gasteiger partial charge < -0.3 is 4.90 Å². The summed E-state index contributed by atoms with van der Waals surface area (Å²) in [5, 5.41) is 4.33. The van der Waals surface area contributed by atoms with Crippen molar-refractivity contribution in [3.05, 3.63) is 77.9 Å². The second-order valence-electron chi connectivity index (χ2n) is 7.04. The smallest absolute Gasteiger partial charge is 0.257 e. The Morgan fingerprint density at radius 2 is 1.70 bits per heavy atom. The third kappa shape index (κ3) is 3.73. The maximum atomic E-state index is 13.4. The lowest BCUT2D eigenvalue weighted by molar-refractivity contribution is 0.0697. The molecule has 0 spiro atoms. The van der Waals surface area contributed by atoms with Gasteiger partial charge >= 0.3 is 0 Å². The summed E-state index contributed by atoms with van der Waals surface area (Å²) in [6.45, 7) is 2.64. The molecule has 156 valence electrons. The summed E-state index contributed by atoms with van der Waals surface area (Å²) in [6, 6.07) is 14.5. The topological polar surface area (TPSA) is 75.5 Å². The zero-order valence-electron chi connectivity index (χ0n) is 16.4. The molecule has 2 aromatic carbocycles. The van der Waals surface area contributed by atoms with Crippen molar-refractivity contribution in [2.45, 2.75) is 11.8 Å². The number of carbonyl (C=O) groups is 1. The first kappa shape index (κ1) is 20.2. The van der Waals surface area contributed by atoms with Crippen LogP contribution in [-0.4, -0.2) is 59.5 Å². The lowest BCUT2D eigenvalue weighted by Gasteiger charge is -2.34. The fraction of sp³-hybridized carbons (Fsp3) is 0.238. The first-order valence-corrected chi connectivity index (χ1v) is 11.0. The molecule has 7 nitrogen and oxygen atoms in total. The molecule has 3 aromatic rings. The lowest BCUT2D eigenvalue weighted by atomic mass is 10.2. The van der Waals surface area contributed by atoms with Crippen LogP contribution in [0.4, 0.5) is 4.39 Å². The van der Waals surface area contributed by atoms with Crippen molar-refractivity contribution in [2.24, 2.45) is 0 Å². The predicted octanol–water partition coefficient (Wildman–Crippen LogP) is 2.47. The summed E-state index contributed by atoms with van der Waals surface area (Å²) >= 11 is 0. The monoisotopic (exact) mass is 428 g/mol. The number of hydrogen-bond donors (Lipinski definition) is 0. The Kier molecular flexibility index (Phi) is 5.40. The Labute approximate surface area is 174 Å². The van der Waals surface area contributed by atoms with Gasteiger partial charge in [-0.1, -0.05) is 24.3 Å². The summed E-state index contributed by atoms with van der Waals surface area (Å²) in [5.74, 6) is -0.784. The van der Waals surface area contributed by atoms with Crippen LogP contribution in [0.15, 0.2) is 65.7 Å². The molecule has 1 aromatic heterocycles. The van der Waals surface area contributed by atoms with Crippen LogP contribution in [0.3, 0.4) is 0 Å². The number of carbonyl (C=O) groups excluding carboxylic acids is 1. The minimum Gasteiger partial charge on any atom is -0.336 e. The minimum absolute atomic E-state index is 0.0812. The molecule has 4 rings (SSSR count). The third-order valence-electron chi connectivity index (χ3n) is 5.20. The fourth-order valence-electron chi connectivity index (χ4n) is 3.53. The van der Waals surface area contributed by atoms with Gasteiger partial charge in [0.2, 0.25) is 10.0 Å². The van der Waals surface area contributed by atoms with Crippen LogP contribution in [0.25, 0.3) is 5.69 Å². The molecule has 9 heteroatoms. The minimum atomic E-state index is -3.80. The van der Waals surface area contributed by atoms with Crippen LogP contribution >= 0.6 is 0 Å². The first-order valence-electron chi connectivity index (χ1n) is 9.53. The quantitative estimate of drug-likeness (QED) is 0.640. The van der Waals surface area contributed by atoms with E-state index in [1.807, 2.05) is 37.3 Å². The van der Waals surface area contributed by atoms with E-state index in [1.54, 1.807) is 15.8 Å². The Morgan fingerprint density at radius 3 is 2.37 bits per heavy atom. The molecule has 1 aliphatic rings. The van der Waals surface area contributed by atoms with Crippen LogP contribution < -0.4 is 0 Å². The maximum Gasteiger partial charge on any atom is 0.257 e. The average molecular weight is 428 g/mol. The molecule has 2 heterocycles. The predicted molar refractivity (Wildman–Crippen MR) is 109 cm³/mol. The molecule has 0 bridgehead atoms. The van der Waals surface area contributed by atoms with E-state index in [4.69, 9.17) is 0 Å². The van der Waals surface area contributed by atoms with Gasteiger partial charge in [-0.25, -0.2) is 17.5 Å². The van der Waals surface area contributed by atoms with Crippen molar-refractivity contribution in [1.82, 2.24) is 19.0 Å². The Balaban J connectivity index is 1.47. The highest BCUT2D eigenvalue weighted by Gasteiger charge is 2.31. The highest BCUT2D eigenvalue weighted by atomic mass is 32.2. The normalized spacial score (nSPS) is 15.3. The van der Waals surface area contributed by atoms with Gasteiger partial charge in [0, 0.05) is 26.2 Å². The van der Waals surface area contributed by atoms with E-state index in [-0.39, 0.29) is 37.0 Å². The molecule has 0 saturated carbocycles. The molecule has 1 fully saturated rings. The van der Waals surface area contributed by atoms with Gasteiger partial charge in [-0.3, -0.25) is 4.79 Å². The van der Waals surface area contributed by atoms with Gasteiger partial charge in [-0.2, -0.15) is 9.40 Å². The van der Waals surface area contributed by atoms with E-state index in [9.17, 15) is 17.6 Å². The molecule has 1 aliphatic heterocycles. The Bertz CT molecular complexity index is 1170. The van der Waals surface area contributed by atoms with Crippen LogP contribution in [0.1, 0.15) is 16.1 Å². The molecule has 0 atom stereocenters. The van der Waals surface area contributed by atoms with Gasteiger partial charge in [0.25, 0.3) is 5.91 Å². The van der Waals surface area contributed by atoms with Crippen molar-refractivity contribution in [3.63, 3.8) is 0 Å². The Morgan fingerprint density at radius 1 is 1.00 bits per heavy atom. The lowest BCUT2D eigenvalue weighted by Crippen LogP contribution is -2.50. The number of sulfonamides is 1. The first-order chi connectivity index (χ1) is 14.4. The van der Waals surface area contributed by atoms with Crippen LogP contribution in [0.5, 0.6) is 0 Å². The molecule has 0 radical (unpaired) electrons. The number of benzene rings is 2. The number of hydrogen-bond acceptors (Lipinski definition) is 4. The van der Waals surface area contributed by atoms with Crippen molar-refractivity contribution in [1.29, 1.82) is 0 Å². The fourth-order valence-corrected chi connectivity index (χ4v) is 4.98. The van der Waals surface area contributed by atoms with E-state index in [2.05, 4.69) is 5.10 Å². The number of rotatable bonds is 4. The number of aromatic nitrogens is 2. The largest absolute Gasteiger partial charge is 0.336 e. The second kappa shape index (κ2) is 8.00. The number of para-hydroxylation sites is 1. The summed E-state index contributed by atoms with van der Waals surface area (Å²) < 4.78 is 41.9. The van der Waals surface area contributed by atoms with Gasteiger partial charge in [-0.05, 0) is 37.3 Å². The number of piperazine rings is 1. The average Bonchev–Trinajstić information content (AvgIpc) is 3.15. The summed E-state index contributed by atoms with van der Waals surface area (Å²) in [5.41, 5.74) is 2.07. The molecule has 1 amide bonds. The van der Waals surface area contributed by atoms with E-state index in [1.165, 1.54) is 22.5 Å². The van der Waals surface area contributed by atoms with Crippen molar-refractivity contribution in [3.8, 4) is 5.69 Å². The van der Waals surface area contributed by atoms with Crippen molar-refractivity contribution < 1.29 is 17.6 Å². The zero-order chi connectivity index (χ0) is 21.3. The van der Waals surface area contributed by atoms with Crippen LogP contribution in [0.2, 0.25) is 0 Å². The van der Waals surface area contributed by atoms with Gasteiger partial charge in [-0.15, -0.1) is 0 Å². The summed E-state index contributed by atoms with van der Waals surface area (Å²) in [7, 11) is -3.80. The SMILES string of the molecule is Cc1c(C(=O)N2CCN(S(=O)(=O)c3cccc(F)c3)CC2)cnn1-c1ccccc1. The standard InChI is InChI=1S/C21H21FN4O3S/c1-16-20(15-23-26(16)18-7-3-2-4-8-18)21(27)24-10-12-25(13-11-24)30(28,29)19-9-5-6-17(22)14-19/h2-9,14-15H,10-13H2,1H3. The van der Waals surface area contributed by atoms with Gasteiger partial charge in [0.1, 0.15) is 5.82 Å². The van der Waals surface area contributed by atoms with Gasteiger partial charge in [0.15, 0.2) is 0 Å². The molecule has 0 N–H and O–H groups in total. The molecule has 0 unspecified atom stereocenters.